The number of carbonyl (C=O) groups excluding carboxylic acids is 2. The molecule has 0 bridgehead atoms. The quantitative estimate of drug-likeness (QED) is 0.783. The van der Waals surface area contributed by atoms with Crippen LogP contribution in [-0.2, 0) is 20.9 Å². The molecule has 1 aliphatic heterocycles. The zero-order valence-electron chi connectivity index (χ0n) is 13.2. The van der Waals surface area contributed by atoms with E-state index in [9.17, 15) is 9.59 Å². The highest BCUT2D eigenvalue weighted by Crippen LogP contribution is 2.15. The molecule has 0 spiro atoms. The fourth-order valence-electron chi connectivity index (χ4n) is 2.67. The lowest BCUT2D eigenvalue weighted by Crippen LogP contribution is -2.41. The molecule has 5 nitrogen and oxygen atoms in total. The third-order valence-electron chi connectivity index (χ3n) is 3.81. The van der Waals surface area contributed by atoms with Gasteiger partial charge in [0, 0.05) is 20.2 Å². The number of methoxy groups -OCH3 is 1. The lowest BCUT2D eigenvalue weighted by molar-refractivity contribution is -0.136. The van der Waals surface area contributed by atoms with E-state index >= 15 is 0 Å². The third kappa shape index (κ3) is 4.56. The fraction of sp³-hybridized carbons (Fsp3) is 0.529. The summed E-state index contributed by atoms with van der Waals surface area (Å²) in [6.45, 7) is 3.88. The van der Waals surface area contributed by atoms with E-state index in [-0.39, 0.29) is 12.5 Å². The first-order chi connectivity index (χ1) is 10.6. The highest BCUT2D eigenvalue weighted by Gasteiger charge is 2.22. The van der Waals surface area contributed by atoms with Gasteiger partial charge in [-0.05, 0) is 36.5 Å². The van der Waals surface area contributed by atoms with Gasteiger partial charge in [-0.2, -0.15) is 0 Å². The number of rotatable bonds is 5. The summed E-state index contributed by atoms with van der Waals surface area (Å²) in [5.74, 6) is -0.0802. The first-order valence-corrected chi connectivity index (χ1v) is 7.63. The maximum atomic E-state index is 12.1. The van der Waals surface area contributed by atoms with Crippen molar-refractivity contribution in [2.45, 2.75) is 26.4 Å². The minimum Gasteiger partial charge on any atom is -0.452 e. The van der Waals surface area contributed by atoms with Crippen molar-refractivity contribution in [3.05, 3.63) is 35.4 Å². The molecule has 0 aliphatic carbocycles. The molecule has 1 aliphatic rings. The molecule has 1 aromatic carbocycles. The van der Waals surface area contributed by atoms with Crippen LogP contribution in [-0.4, -0.2) is 43.6 Å². The van der Waals surface area contributed by atoms with Gasteiger partial charge < -0.3 is 14.4 Å². The first-order valence-electron chi connectivity index (χ1n) is 7.63. The molecule has 5 heteroatoms. The average molecular weight is 305 g/mol. The second-order valence-electron chi connectivity index (χ2n) is 5.80. The Kier molecular flexibility index (Phi) is 5.95. The zero-order chi connectivity index (χ0) is 15.9. The van der Waals surface area contributed by atoms with Crippen LogP contribution in [0.2, 0.25) is 0 Å². The number of carbonyl (C=O) groups is 2. The summed E-state index contributed by atoms with van der Waals surface area (Å²) in [5, 5.41) is 0. The number of ether oxygens (including phenoxy) is 2. The summed E-state index contributed by atoms with van der Waals surface area (Å²) < 4.78 is 10.2. The highest BCUT2D eigenvalue weighted by atomic mass is 16.5. The van der Waals surface area contributed by atoms with Crippen molar-refractivity contribution in [3.8, 4) is 0 Å². The van der Waals surface area contributed by atoms with E-state index in [1.807, 2.05) is 6.07 Å². The Morgan fingerprint density at radius 3 is 2.91 bits per heavy atom. The Bertz CT molecular complexity index is 529. The summed E-state index contributed by atoms with van der Waals surface area (Å²) in [4.78, 5) is 25.9. The molecule has 1 amide bonds. The van der Waals surface area contributed by atoms with Crippen molar-refractivity contribution < 1.29 is 19.1 Å². The maximum absolute atomic E-state index is 12.1. The summed E-state index contributed by atoms with van der Waals surface area (Å²) in [6.07, 6.45) is 2.16. The van der Waals surface area contributed by atoms with E-state index in [4.69, 9.17) is 9.47 Å². The predicted octanol–water partition coefficient (Wildman–Crippen LogP) is 2.25. The van der Waals surface area contributed by atoms with E-state index in [0.29, 0.717) is 18.1 Å². The van der Waals surface area contributed by atoms with Crippen LogP contribution in [0.4, 0.5) is 0 Å². The molecule has 0 saturated carbocycles. The van der Waals surface area contributed by atoms with Gasteiger partial charge in [-0.1, -0.05) is 19.1 Å². The van der Waals surface area contributed by atoms with Crippen molar-refractivity contribution in [2.24, 2.45) is 5.92 Å². The Morgan fingerprint density at radius 2 is 2.18 bits per heavy atom. The maximum Gasteiger partial charge on any atom is 0.338 e. The Hall–Kier alpha value is -1.88. The molecule has 2 rings (SSSR count). The molecular formula is C17H23NO4. The molecular weight excluding hydrogens is 282 g/mol. The highest BCUT2D eigenvalue weighted by molar-refractivity contribution is 5.91. The Labute approximate surface area is 131 Å². The van der Waals surface area contributed by atoms with Gasteiger partial charge in [0.15, 0.2) is 6.61 Å². The summed E-state index contributed by atoms with van der Waals surface area (Å²) >= 11 is 0. The van der Waals surface area contributed by atoms with Crippen molar-refractivity contribution in [2.75, 3.05) is 26.8 Å². The molecule has 1 atom stereocenters. The van der Waals surface area contributed by atoms with E-state index < -0.39 is 5.97 Å². The number of likely N-dealkylation sites (tertiary alicyclic amines) is 1. The van der Waals surface area contributed by atoms with Gasteiger partial charge in [0.25, 0.3) is 5.91 Å². The van der Waals surface area contributed by atoms with Crippen LogP contribution in [0.25, 0.3) is 0 Å². The summed E-state index contributed by atoms with van der Waals surface area (Å²) in [6, 6.07) is 7.05. The number of benzene rings is 1. The fourth-order valence-corrected chi connectivity index (χ4v) is 2.67. The van der Waals surface area contributed by atoms with Crippen molar-refractivity contribution in [3.63, 3.8) is 0 Å². The van der Waals surface area contributed by atoms with Crippen LogP contribution in [0, 0.1) is 5.92 Å². The SMILES string of the molecule is COCc1cccc(C(=O)OCC(=O)N2CCCC(C)C2)c1. The number of esters is 1. The van der Waals surface area contributed by atoms with Crippen molar-refractivity contribution in [1.29, 1.82) is 0 Å². The number of piperidine rings is 1. The number of hydrogen-bond donors (Lipinski definition) is 0. The first kappa shape index (κ1) is 16.5. The van der Waals surface area contributed by atoms with Gasteiger partial charge in [-0.3, -0.25) is 4.79 Å². The van der Waals surface area contributed by atoms with Gasteiger partial charge in [-0.15, -0.1) is 0 Å². The van der Waals surface area contributed by atoms with E-state index in [1.54, 1.807) is 30.2 Å². The molecule has 0 aromatic heterocycles. The van der Waals surface area contributed by atoms with Crippen LogP contribution in [0.3, 0.4) is 0 Å². The molecule has 0 N–H and O–H groups in total. The lowest BCUT2D eigenvalue weighted by Gasteiger charge is -2.30. The topological polar surface area (TPSA) is 55.8 Å². The number of hydrogen-bond acceptors (Lipinski definition) is 4. The molecule has 120 valence electrons. The van der Waals surface area contributed by atoms with Gasteiger partial charge in [0.2, 0.25) is 0 Å². The summed E-state index contributed by atoms with van der Waals surface area (Å²) in [5.41, 5.74) is 1.34. The second-order valence-corrected chi connectivity index (χ2v) is 5.80. The van der Waals surface area contributed by atoms with Crippen molar-refractivity contribution >= 4 is 11.9 Å². The summed E-state index contributed by atoms with van der Waals surface area (Å²) in [7, 11) is 1.60. The van der Waals surface area contributed by atoms with Crippen LogP contribution in [0.15, 0.2) is 24.3 Å². The van der Waals surface area contributed by atoms with E-state index in [2.05, 4.69) is 6.92 Å². The molecule has 1 aromatic rings. The van der Waals surface area contributed by atoms with Crippen LogP contribution < -0.4 is 0 Å². The van der Waals surface area contributed by atoms with E-state index in [0.717, 1.165) is 31.5 Å². The van der Waals surface area contributed by atoms with Crippen LogP contribution in [0.5, 0.6) is 0 Å². The second kappa shape index (κ2) is 7.94. The standard InChI is InChI=1S/C17H23NO4/c1-13-5-4-8-18(10-13)16(19)12-22-17(20)15-7-3-6-14(9-15)11-21-2/h3,6-7,9,13H,4-5,8,10-12H2,1-2H3. The zero-order valence-corrected chi connectivity index (χ0v) is 13.2. The van der Waals surface area contributed by atoms with Gasteiger partial charge >= 0.3 is 5.97 Å². The largest absolute Gasteiger partial charge is 0.452 e. The molecule has 1 saturated heterocycles. The monoisotopic (exact) mass is 305 g/mol. The number of nitrogens with zero attached hydrogens (tertiary/aromatic N) is 1. The normalized spacial score (nSPS) is 18.1. The Balaban J connectivity index is 1.86. The molecule has 0 radical (unpaired) electrons. The minimum absolute atomic E-state index is 0.118. The number of amides is 1. The molecule has 1 heterocycles. The Morgan fingerprint density at radius 1 is 1.36 bits per heavy atom. The average Bonchev–Trinajstić information content (AvgIpc) is 2.53. The van der Waals surface area contributed by atoms with Gasteiger partial charge in [0.1, 0.15) is 0 Å². The third-order valence-corrected chi connectivity index (χ3v) is 3.81. The van der Waals surface area contributed by atoms with Crippen molar-refractivity contribution in [1.82, 2.24) is 4.90 Å². The van der Waals surface area contributed by atoms with Gasteiger partial charge in [0.05, 0.1) is 12.2 Å². The van der Waals surface area contributed by atoms with Gasteiger partial charge in [-0.25, -0.2) is 4.79 Å². The van der Waals surface area contributed by atoms with Crippen LogP contribution in [0.1, 0.15) is 35.7 Å². The molecule has 22 heavy (non-hydrogen) atoms. The smallest absolute Gasteiger partial charge is 0.338 e. The molecule has 1 fully saturated rings. The lowest BCUT2D eigenvalue weighted by atomic mass is 10.0. The predicted molar refractivity (Wildman–Crippen MR) is 82.4 cm³/mol. The van der Waals surface area contributed by atoms with Crippen LogP contribution >= 0.6 is 0 Å². The molecule has 1 unspecified atom stereocenters. The minimum atomic E-state index is -0.476. The van der Waals surface area contributed by atoms with E-state index in [1.165, 1.54) is 0 Å².